The van der Waals surface area contributed by atoms with Gasteiger partial charge in [-0.3, -0.25) is 0 Å². The molecule has 0 atom stereocenters. The van der Waals surface area contributed by atoms with Gasteiger partial charge in [-0.05, 0) is 97.0 Å². The molecule has 0 unspecified atom stereocenters. The quantitative estimate of drug-likeness (QED) is 0.136. The number of hydrogen-bond acceptors (Lipinski definition) is 1. The van der Waals surface area contributed by atoms with Crippen molar-refractivity contribution in [2.75, 3.05) is 0 Å². The molecule has 0 aliphatic rings. The largest absolute Gasteiger partial charge is 0.309 e. The van der Waals surface area contributed by atoms with Gasteiger partial charge in [0.25, 0.3) is 0 Å². The van der Waals surface area contributed by atoms with E-state index in [-0.39, 0.29) is 0 Å². The molecule has 2 heterocycles. The number of para-hydroxylation sites is 2. The van der Waals surface area contributed by atoms with Gasteiger partial charge in [-0.1, -0.05) is 121 Å². The van der Waals surface area contributed by atoms with Crippen LogP contribution >= 0.6 is 11.3 Å². The number of benzene rings is 9. The lowest BCUT2D eigenvalue weighted by molar-refractivity contribution is 1.18. The van der Waals surface area contributed by atoms with Crippen molar-refractivity contribution in [1.82, 2.24) is 4.57 Å². The van der Waals surface area contributed by atoms with Crippen LogP contribution in [0.3, 0.4) is 0 Å². The Labute approximate surface area is 280 Å². The maximum absolute atomic E-state index is 2.44. The fourth-order valence-electron chi connectivity index (χ4n) is 8.41. The molecule has 0 N–H and O–H groups in total. The summed E-state index contributed by atoms with van der Waals surface area (Å²) in [6.07, 6.45) is 0. The van der Waals surface area contributed by atoms with Gasteiger partial charge < -0.3 is 4.57 Å². The first-order chi connectivity index (χ1) is 23.8. The Hall–Kier alpha value is -5.96. The summed E-state index contributed by atoms with van der Waals surface area (Å²) in [5, 5.41) is 13.1. The molecule has 11 aromatic rings. The molecule has 0 radical (unpaired) electrons. The minimum atomic E-state index is 1.17. The molecule has 48 heavy (non-hydrogen) atoms. The SMILES string of the molecule is c1cc(-c2c3ccccc3c(-c3cc4cccc5sc6cccc3c6c45)c3ccccc23)cc(-n2c3ccccc3c3ccccc32)c1. The molecule has 1 nitrogen and oxygen atoms in total. The summed E-state index contributed by atoms with van der Waals surface area (Å²) in [5.74, 6) is 0. The number of thiophene rings is 1. The standard InChI is InChI=1S/C46H27NS/c1-3-19-35-33(17-1)43(28-12-9-14-30(26-28)47-39-22-7-5-15-31(39)32-16-6-8-23-40(32)47)34-18-2-4-20-36(34)45(35)38-27-29-13-10-24-41-44(29)46-37(38)21-11-25-42(46)48-41/h1-27H. The zero-order chi connectivity index (χ0) is 31.3. The highest BCUT2D eigenvalue weighted by molar-refractivity contribution is 7.26. The number of rotatable bonds is 3. The molecule has 0 aliphatic carbocycles. The average Bonchev–Trinajstić information content (AvgIpc) is 3.70. The predicted octanol–water partition coefficient (Wildman–Crippen LogP) is 13.4. The minimum Gasteiger partial charge on any atom is -0.309 e. The zero-order valence-electron chi connectivity index (χ0n) is 25.9. The minimum absolute atomic E-state index is 1.17. The Bertz CT molecular complexity index is 2960. The molecule has 0 saturated heterocycles. The van der Waals surface area contributed by atoms with Crippen molar-refractivity contribution in [3.8, 4) is 27.9 Å². The van der Waals surface area contributed by atoms with Gasteiger partial charge in [-0.25, -0.2) is 0 Å². The van der Waals surface area contributed by atoms with Crippen LogP contribution in [0.5, 0.6) is 0 Å². The first-order valence-corrected chi connectivity index (χ1v) is 17.3. The van der Waals surface area contributed by atoms with Crippen molar-refractivity contribution in [2.45, 2.75) is 0 Å². The summed E-state index contributed by atoms with van der Waals surface area (Å²) in [6, 6.07) is 60.7. The lowest BCUT2D eigenvalue weighted by atomic mass is 9.84. The van der Waals surface area contributed by atoms with Gasteiger partial charge >= 0.3 is 0 Å². The topological polar surface area (TPSA) is 4.93 Å². The van der Waals surface area contributed by atoms with Gasteiger partial charge in [0.2, 0.25) is 0 Å². The average molecular weight is 626 g/mol. The van der Waals surface area contributed by atoms with Crippen molar-refractivity contribution in [2.24, 2.45) is 0 Å². The maximum Gasteiger partial charge on any atom is 0.0541 e. The van der Waals surface area contributed by atoms with Crippen LogP contribution in [0.25, 0.3) is 102 Å². The van der Waals surface area contributed by atoms with E-state index >= 15 is 0 Å². The highest BCUT2D eigenvalue weighted by atomic mass is 32.1. The van der Waals surface area contributed by atoms with Gasteiger partial charge in [-0.2, -0.15) is 0 Å². The van der Waals surface area contributed by atoms with E-state index in [0.717, 1.165) is 0 Å². The Balaban J connectivity index is 1.23. The molecule has 0 amide bonds. The fraction of sp³-hybridized carbons (Fsp3) is 0. The van der Waals surface area contributed by atoms with Crippen LogP contribution in [0.15, 0.2) is 164 Å². The first kappa shape index (κ1) is 26.1. The number of aromatic nitrogens is 1. The fourth-order valence-corrected chi connectivity index (χ4v) is 9.58. The van der Waals surface area contributed by atoms with Gasteiger partial charge in [-0.15, -0.1) is 11.3 Å². The van der Waals surface area contributed by atoms with Crippen LogP contribution in [0.4, 0.5) is 0 Å². The summed E-state index contributed by atoms with van der Waals surface area (Å²) in [6.45, 7) is 0. The third kappa shape index (κ3) is 3.50. The molecular formula is C46H27NS. The maximum atomic E-state index is 2.44. The second-order valence-electron chi connectivity index (χ2n) is 12.8. The van der Waals surface area contributed by atoms with Crippen molar-refractivity contribution in [1.29, 1.82) is 0 Å². The van der Waals surface area contributed by atoms with E-state index in [2.05, 4.69) is 168 Å². The van der Waals surface area contributed by atoms with E-state index in [1.165, 1.54) is 102 Å². The third-order valence-electron chi connectivity index (χ3n) is 10.3. The van der Waals surface area contributed by atoms with E-state index < -0.39 is 0 Å². The summed E-state index contributed by atoms with van der Waals surface area (Å²) in [7, 11) is 0. The summed E-state index contributed by atoms with van der Waals surface area (Å²) < 4.78 is 5.13. The molecule has 222 valence electrons. The van der Waals surface area contributed by atoms with Gasteiger partial charge in [0.15, 0.2) is 0 Å². The molecule has 0 aliphatic heterocycles. The lowest BCUT2D eigenvalue weighted by Crippen LogP contribution is -1.95. The zero-order valence-corrected chi connectivity index (χ0v) is 26.8. The Kier molecular flexibility index (Phi) is 5.32. The van der Waals surface area contributed by atoms with Crippen molar-refractivity contribution in [3.05, 3.63) is 164 Å². The van der Waals surface area contributed by atoms with Crippen LogP contribution < -0.4 is 0 Å². The number of hydrogen-bond donors (Lipinski definition) is 0. The predicted molar refractivity (Wildman–Crippen MR) is 208 cm³/mol. The van der Waals surface area contributed by atoms with E-state index in [1.807, 2.05) is 11.3 Å². The molecular weight excluding hydrogens is 599 g/mol. The molecule has 2 aromatic heterocycles. The van der Waals surface area contributed by atoms with Crippen molar-refractivity contribution >= 4 is 85.6 Å². The van der Waals surface area contributed by atoms with E-state index in [4.69, 9.17) is 0 Å². The highest BCUT2D eigenvalue weighted by Crippen LogP contribution is 2.49. The van der Waals surface area contributed by atoms with Crippen LogP contribution in [0, 0.1) is 0 Å². The lowest BCUT2D eigenvalue weighted by Gasteiger charge is -2.20. The third-order valence-corrected chi connectivity index (χ3v) is 11.4. The number of nitrogens with zero attached hydrogens (tertiary/aromatic N) is 1. The molecule has 0 saturated carbocycles. The smallest absolute Gasteiger partial charge is 0.0541 e. The Morgan fingerprint density at radius 2 is 0.896 bits per heavy atom. The molecule has 9 aromatic carbocycles. The van der Waals surface area contributed by atoms with Crippen LogP contribution in [0.2, 0.25) is 0 Å². The molecule has 11 rings (SSSR count). The van der Waals surface area contributed by atoms with E-state index in [0.29, 0.717) is 0 Å². The second-order valence-corrected chi connectivity index (χ2v) is 13.9. The van der Waals surface area contributed by atoms with Crippen molar-refractivity contribution in [3.63, 3.8) is 0 Å². The number of fused-ring (bicyclic) bond motifs is 5. The normalized spacial score (nSPS) is 12.2. The molecule has 2 heteroatoms. The van der Waals surface area contributed by atoms with Gasteiger partial charge in [0.1, 0.15) is 0 Å². The summed E-state index contributed by atoms with van der Waals surface area (Å²) >= 11 is 1.90. The van der Waals surface area contributed by atoms with Gasteiger partial charge in [0, 0.05) is 36.6 Å². The molecule has 0 spiro atoms. The molecule has 0 fully saturated rings. The van der Waals surface area contributed by atoms with E-state index in [1.54, 1.807) is 0 Å². The Morgan fingerprint density at radius 3 is 1.56 bits per heavy atom. The Morgan fingerprint density at radius 1 is 0.375 bits per heavy atom. The van der Waals surface area contributed by atoms with Crippen molar-refractivity contribution < 1.29 is 0 Å². The second kappa shape index (κ2) is 9.78. The summed E-state index contributed by atoms with van der Waals surface area (Å²) in [5.41, 5.74) is 8.73. The monoisotopic (exact) mass is 625 g/mol. The van der Waals surface area contributed by atoms with E-state index in [9.17, 15) is 0 Å². The first-order valence-electron chi connectivity index (χ1n) is 16.5. The van der Waals surface area contributed by atoms with Crippen LogP contribution in [-0.4, -0.2) is 4.57 Å². The molecule has 0 bridgehead atoms. The van der Waals surface area contributed by atoms with Crippen LogP contribution in [0.1, 0.15) is 0 Å². The van der Waals surface area contributed by atoms with Gasteiger partial charge in [0.05, 0.1) is 11.0 Å². The summed E-state index contributed by atoms with van der Waals surface area (Å²) in [4.78, 5) is 0. The highest BCUT2D eigenvalue weighted by Gasteiger charge is 2.21. The van der Waals surface area contributed by atoms with Crippen LogP contribution in [-0.2, 0) is 0 Å².